The molecule has 2 heterocycles. The Hall–Kier alpha value is -0.0800. The molecule has 98 valence electrons. The molecule has 1 N–H and O–H groups in total. The van der Waals surface area contributed by atoms with Crippen LogP contribution in [0.2, 0.25) is 0 Å². The SMILES string of the molecule is CC(C)[C@H]1CC[C@]2(C)C3CC[C@@](C)(O3)[C@H]2C1O. The molecule has 2 unspecified atom stereocenters. The second-order valence-electron chi connectivity index (χ2n) is 7.38. The second kappa shape index (κ2) is 3.48. The first kappa shape index (κ1) is 12.0. The van der Waals surface area contributed by atoms with Crippen molar-refractivity contribution in [2.75, 3.05) is 0 Å². The first-order chi connectivity index (χ1) is 7.88. The minimum absolute atomic E-state index is 0.0492. The van der Waals surface area contributed by atoms with E-state index in [1.165, 1.54) is 19.3 Å². The molecule has 17 heavy (non-hydrogen) atoms. The molecule has 3 rings (SSSR count). The van der Waals surface area contributed by atoms with Crippen LogP contribution in [0.3, 0.4) is 0 Å². The lowest BCUT2D eigenvalue weighted by Crippen LogP contribution is -2.55. The van der Waals surface area contributed by atoms with Gasteiger partial charge < -0.3 is 9.84 Å². The van der Waals surface area contributed by atoms with Crippen molar-refractivity contribution in [3.05, 3.63) is 0 Å². The van der Waals surface area contributed by atoms with Gasteiger partial charge in [-0.1, -0.05) is 20.8 Å². The molecule has 3 aliphatic rings. The second-order valence-corrected chi connectivity index (χ2v) is 7.38. The molecule has 0 radical (unpaired) electrons. The van der Waals surface area contributed by atoms with E-state index >= 15 is 0 Å². The van der Waals surface area contributed by atoms with Gasteiger partial charge in [-0.05, 0) is 44.4 Å². The highest BCUT2D eigenvalue weighted by Gasteiger charge is 2.67. The van der Waals surface area contributed by atoms with Crippen LogP contribution in [-0.4, -0.2) is 22.9 Å². The van der Waals surface area contributed by atoms with Gasteiger partial charge in [0.1, 0.15) is 0 Å². The topological polar surface area (TPSA) is 29.5 Å². The summed E-state index contributed by atoms with van der Waals surface area (Å²) in [7, 11) is 0. The predicted molar refractivity (Wildman–Crippen MR) is 67.7 cm³/mol. The van der Waals surface area contributed by atoms with Crippen LogP contribution < -0.4 is 0 Å². The van der Waals surface area contributed by atoms with Crippen LogP contribution in [0.4, 0.5) is 0 Å². The van der Waals surface area contributed by atoms with Gasteiger partial charge in [-0.2, -0.15) is 0 Å². The van der Waals surface area contributed by atoms with Crippen molar-refractivity contribution in [2.45, 2.75) is 71.2 Å². The first-order valence-electron chi connectivity index (χ1n) is 7.24. The van der Waals surface area contributed by atoms with Crippen LogP contribution in [0, 0.1) is 23.2 Å². The van der Waals surface area contributed by atoms with Crippen molar-refractivity contribution in [1.82, 2.24) is 0 Å². The molecule has 2 aliphatic heterocycles. The molecule has 0 aromatic heterocycles. The van der Waals surface area contributed by atoms with Gasteiger partial charge in [-0.15, -0.1) is 0 Å². The van der Waals surface area contributed by atoms with Crippen molar-refractivity contribution in [2.24, 2.45) is 23.2 Å². The van der Waals surface area contributed by atoms with Crippen molar-refractivity contribution < 1.29 is 9.84 Å². The Morgan fingerprint density at radius 1 is 1.18 bits per heavy atom. The highest BCUT2D eigenvalue weighted by Crippen LogP contribution is 2.64. The predicted octanol–water partition coefficient (Wildman–Crippen LogP) is 2.99. The average molecular weight is 238 g/mol. The summed E-state index contributed by atoms with van der Waals surface area (Å²) in [6.07, 6.45) is 4.98. The molecule has 2 heteroatoms. The van der Waals surface area contributed by atoms with Crippen LogP contribution in [0.25, 0.3) is 0 Å². The molecule has 0 aromatic carbocycles. The van der Waals surface area contributed by atoms with E-state index in [9.17, 15) is 5.11 Å². The summed E-state index contributed by atoms with van der Waals surface area (Å²) in [5, 5.41) is 10.8. The van der Waals surface area contributed by atoms with Gasteiger partial charge in [0, 0.05) is 11.3 Å². The summed E-state index contributed by atoms with van der Waals surface area (Å²) in [4.78, 5) is 0. The maximum absolute atomic E-state index is 10.8. The van der Waals surface area contributed by atoms with Gasteiger partial charge in [0.25, 0.3) is 0 Å². The fraction of sp³-hybridized carbons (Fsp3) is 1.00. The number of ether oxygens (including phenoxy) is 1. The van der Waals surface area contributed by atoms with Crippen molar-refractivity contribution >= 4 is 0 Å². The Morgan fingerprint density at radius 3 is 2.53 bits per heavy atom. The van der Waals surface area contributed by atoms with E-state index in [4.69, 9.17) is 4.74 Å². The van der Waals surface area contributed by atoms with Crippen molar-refractivity contribution in [3.8, 4) is 0 Å². The molecule has 2 bridgehead atoms. The van der Waals surface area contributed by atoms with E-state index in [1.807, 2.05) is 0 Å². The molecular weight excluding hydrogens is 212 g/mol. The average Bonchev–Trinajstić information content (AvgIpc) is 2.69. The highest BCUT2D eigenvalue weighted by atomic mass is 16.5. The van der Waals surface area contributed by atoms with Crippen LogP contribution >= 0.6 is 0 Å². The Labute approximate surface area is 105 Å². The molecule has 6 atom stereocenters. The maximum atomic E-state index is 10.8. The standard InChI is InChI=1S/C15H26O2/c1-9(2)10-5-7-14(3)11-6-8-15(4,17-11)13(14)12(10)16/h9-13,16H,5-8H2,1-4H3/t10-,11?,12?,13+,14-,15-/m1/s1. The summed E-state index contributed by atoms with van der Waals surface area (Å²) in [6, 6.07) is 0. The van der Waals surface area contributed by atoms with E-state index in [0.29, 0.717) is 23.9 Å². The minimum atomic E-state index is -0.163. The molecule has 0 spiro atoms. The summed E-state index contributed by atoms with van der Waals surface area (Å²) in [6.45, 7) is 9.07. The number of aliphatic hydroxyl groups excluding tert-OH is 1. The van der Waals surface area contributed by atoms with Gasteiger partial charge in [0.05, 0.1) is 17.8 Å². The molecular formula is C15H26O2. The van der Waals surface area contributed by atoms with Gasteiger partial charge >= 0.3 is 0 Å². The third-order valence-corrected chi connectivity index (χ3v) is 6.07. The Balaban J connectivity index is 1.94. The van der Waals surface area contributed by atoms with E-state index in [-0.39, 0.29) is 17.1 Å². The Morgan fingerprint density at radius 2 is 1.88 bits per heavy atom. The van der Waals surface area contributed by atoms with Crippen LogP contribution in [0.5, 0.6) is 0 Å². The Bertz CT molecular complexity index is 327. The summed E-state index contributed by atoms with van der Waals surface area (Å²) in [5.41, 5.74) is 0.185. The molecule has 3 fully saturated rings. The lowest BCUT2D eigenvalue weighted by atomic mass is 9.53. The van der Waals surface area contributed by atoms with Crippen LogP contribution in [0.15, 0.2) is 0 Å². The van der Waals surface area contributed by atoms with E-state index in [1.54, 1.807) is 0 Å². The minimum Gasteiger partial charge on any atom is -0.392 e. The normalized spacial score (nSPS) is 57.5. The van der Waals surface area contributed by atoms with Gasteiger partial charge in [0.2, 0.25) is 0 Å². The largest absolute Gasteiger partial charge is 0.392 e. The van der Waals surface area contributed by atoms with E-state index < -0.39 is 0 Å². The Kier molecular flexibility index (Phi) is 2.45. The number of fused-ring (bicyclic) bond motifs is 5. The molecule has 1 saturated carbocycles. The zero-order chi connectivity index (χ0) is 12.4. The molecule has 0 amide bonds. The summed E-state index contributed by atoms with van der Waals surface area (Å²) >= 11 is 0. The lowest BCUT2D eigenvalue weighted by Gasteiger charge is -2.51. The summed E-state index contributed by atoms with van der Waals surface area (Å²) in [5.74, 6) is 1.40. The maximum Gasteiger partial charge on any atom is 0.0718 e. The van der Waals surface area contributed by atoms with Gasteiger partial charge in [0.15, 0.2) is 0 Å². The fourth-order valence-corrected chi connectivity index (χ4v) is 5.14. The third-order valence-electron chi connectivity index (χ3n) is 6.07. The zero-order valence-electron chi connectivity index (χ0n) is 11.6. The van der Waals surface area contributed by atoms with E-state index in [2.05, 4.69) is 27.7 Å². The highest BCUT2D eigenvalue weighted by molar-refractivity contribution is 5.15. The number of hydrogen-bond donors (Lipinski definition) is 1. The summed E-state index contributed by atoms with van der Waals surface area (Å²) < 4.78 is 6.25. The van der Waals surface area contributed by atoms with Crippen LogP contribution in [0.1, 0.15) is 53.4 Å². The molecule has 1 aliphatic carbocycles. The molecule has 2 nitrogen and oxygen atoms in total. The van der Waals surface area contributed by atoms with Gasteiger partial charge in [-0.3, -0.25) is 0 Å². The monoisotopic (exact) mass is 238 g/mol. The quantitative estimate of drug-likeness (QED) is 0.761. The lowest BCUT2D eigenvalue weighted by molar-refractivity contribution is -0.0980. The number of aliphatic hydroxyl groups is 1. The fourth-order valence-electron chi connectivity index (χ4n) is 5.14. The smallest absolute Gasteiger partial charge is 0.0718 e. The van der Waals surface area contributed by atoms with Crippen LogP contribution in [-0.2, 0) is 4.74 Å². The molecule has 0 aromatic rings. The van der Waals surface area contributed by atoms with E-state index in [0.717, 1.165) is 6.42 Å². The first-order valence-corrected chi connectivity index (χ1v) is 7.24. The molecule has 2 saturated heterocycles. The third kappa shape index (κ3) is 1.40. The number of hydrogen-bond acceptors (Lipinski definition) is 2. The van der Waals surface area contributed by atoms with Crippen molar-refractivity contribution in [3.63, 3.8) is 0 Å². The van der Waals surface area contributed by atoms with Gasteiger partial charge in [-0.25, -0.2) is 0 Å². The number of rotatable bonds is 1. The zero-order valence-corrected chi connectivity index (χ0v) is 11.6. The van der Waals surface area contributed by atoms with Crippen molar-refractivity contribution in [1.29, 1.82) is 0 Å².